The molecule has 1 saturated heterocycles. The summed E-state index contributed by atoms with van der Waals surface area (Å²) in [4.78, 5) is 15.2. The van der Waals surface area contributed by atoms with E-state index in [1.807, 2.05) is 23.6 Å². The number of nitrogens with one attached hydrogen (secondary N) is 1. The van der Waals surface area contributed by atoms with E-state index in [0.29, 0.717) is 12.6 Å². The van der Waals surface area contributed by atoms with Crippen molar-refractivity contribution in [2.45, 2.75) is 18.9 Å². The largest absolute Gasteiger partial charge is 0.367 e. The summed E-state index contributed by atoms with van der Waals surface area (Å²) < 4.78 is 0. The lowest BCUT2D eigenvalue weighted by molar-refractivity contribution is 0.0955. The zero-order chi connectivity index (χ0) is 13.8. The molecule has 0 aliphatic carbocycles. The Bertz CT molecular complexity index is 553. The van der Waals surface area contributed by atoms with Crippen molar-refractivity contribution in [2.24, 2.45) is 0 Å². The van der Waals surface area contributed by atoms with Gasteiger partial charge in [0.1, 0.15) is 0 Å². The van der Waals surface area contributed by atoms with Crippen molar-refractivity contribution >= 4 is 22.9 Å². The van der Waals surface area contributed by atoms with E-state index < -0.39 is 0 Å². The summed E-state index contributed by atoms with van der Waals surface area (Å²) in [7, 11) is 0. The van der Waals surface area contributed by atoms with E-state index in [9.17, 15) is 4.79 Å². The Morgan fingerprint density at radius 2 is 2.10 bits per heavy atom. The molecule has 0 radical (unpaired) electrons. The standard InChI is InChI=1S/C16H18N2OS/c19-16(15-9-5-11-20-15)17-12-14-8-4-10-18(14)13-6-2-1-3-7-13/h1-3,5-7,9,11,14H,4,8,10,12H2,(H,17,19)/t14-/m1/s1. The van der Waals surface area contributed by atoms with Crippen LogP contribution in [0.1, 0.15) is 22.5 Å². The molecule has 20 heavy (non-hydrogen) atoms. The van der Waals surface area contributed by atoms with Crippen LogP contribution in [0.5, 0.6) is 0 Å². The Morgan fingerprint density at radius 3 is 2.85 bits per heavy atom. The molecule has 3 rings (SSSR count). The fourth-order valence-electron chi connectivity index (χ4n) is 2.71. The number of rotatable bonds is 4. The van der Waals surface area contributed by atoms with Crippen molar-refractivity contribution in [1.29, 1.82) is 0 Å². The molecule has 2 aromatic rings. The number of benzene rings is 1. The van der Waals surface area contributed by atoms with Gasteiger partial charge >= 0.3 is 0 Å². The van der Waals surface area contributed by atoms with Gasteiger partial charge in [0.2, 0.25) is 0 Å². The van der Waals surface area contributed by atoms with E-state index in [4.69, 9.17) is 0 Å². The van der Waals surface area contributed by atoms with Gasteiger partial charge in [-0.05, 0) is 36.4 Å². The molecular formula is C16H18N2OS. The third-order valence-corrected chi connectivity index (χ3v) is 4.58. The summed E-state index contributed by atoms with van der Waals surface area (Å²) in [6.07, 6.45) is 2.33. The lowest BCUT2D eigenvalue weighted by Crippen LogP contribution is -2.40. The normalized spacial score (nSPS) is 18.2. The number of para-hydroxylation sites is 1. The summed E-state index contributed by atoms with van der Waals surface area (Å²) in [5.41, 5.74) is 1.25. The second kappa shape index (κ2) is 6.09. The highest BCUT2D eigenvalue weighted by molar-refractivity contribution is 7.12. The van der Waals surface area contributed by atoms with Gasteiger partial charge in [0.05, 0.1) is 4.88 Å². The van der Waals surface area contributed by atoms with E-state index in [-0.39, 0.29) is 5.91 Å². The van der Waals surface area contributed by atoms with E-state index in [1.54, 1.807) is 0 Å². The zero-order valence-corrected chi connectivity index (χ0v) is 12.1. The second-order valence-corrected chi connectivity index (χ2v) is 5.96. The molecule has 2 heterocycles. The number of thiophene rings is 1. The molecule has 104 valence electrons. The number of hydrogen-bond acceptors (Lipinski definition) is 3. The average molecular weight is 286 g/mol. The first kappa shape index (κ1) is 13.2. The minimum absolute atomic E-state index is 0.0416. The topological polar surface area (TPSA) is 32.3 Å². The van der Waals surface area contributed by atoms with E-state index in [0.717, 1.165) is 17.8 Å². The minimum Gasteiger partial charge on any atom is -0.367 e. The Labute approximate surface area is 123 Å². The second-order valence-electron chi connectivity index (χ2n) is 5.01. The molecule has 1 N–H and O–H groups in total. The van der Waals surface area contributed by atoms with Crippen molar-refractivity contribution < 1.29 is 4.79 Å². The van der Waals surface area contributed by atoms with Gasteiger partial charge < -0.3 is 10.2 Å². The SMILES string of the molecule is O=C(NC[C@H]1CCCN1c1ccccc1)c1cccs1. The van der Waals surface area contributed by atoms with Crippen LogP contribution >= 0.6 is 11.3 Å². The Balaban J connectivity index is 1.61. The maximum atomic E-state index is 12.0. The van der Waals surface area contributed by atoms with Crippen molar-refractivity contribution in [2.75, 3.05) is 18.0 Å². The molecule has 1 aliphatic heterocycles. The predicted octanol–water partition coefficient (Wildman–Crippen LogP) is 3.15. The summed E-state index contributed by atoms with van der Waals surface area (Å²) in [6, 6.07) is 14.6. The molecule has 4 heteroatoms. The van der Waals surface area contributed by atoms with Gasteiger partial charge in [-0.3, -0.25) is 4.79 Å². The summed E-state index contributed by atoms with van der Waals surface area (Å²) >= 11 is 1.49. The van der Waals surface area contributed by atoms with Crippen LogP contribution in [0.3, 0.4) is 0 Å². The molecule has 3 nitrogen and oxygen atoms in total. The van der Waals surface area contributed by atoms with Crippen LogP contribution in [0.4, 0.5) is 5.69 Å². The Kier molecular flexibility index (Phi) is 4.02. The molecule has 0 unspecified atom stereocenters. The molecule has 1 amide bonds. The summed E-state index contributed by atoms with van der Waals surface area (Å²) in [6.45, 7) is 1.79. The van der Waals surface area contributed by atoms with Crippen LogP contribution in [0.15, 0.2) is 47.8 Å². The Morgan fingerprint density at radius 1 is 1.25 bits per heavy atom. The molecule has 1 fully saturated rings. The molecule has 1 aromatic heterocycles. The van der Waals surface area contributed by atoms with E-state index >= 15 is 0 Å². The van der Waals surface area contributed by atoms with Crippen LogP contribution in [-0.4, -0.2) is 25.0 Å². The van der Waals surface area contributed by atoms with Gasteiger partial charge in [-0.25, -0.2) is 0 Å². The first-order valence-corrected chi connectivity index (χ1v) is 7.86. The summed E-state index contributed by atoms with van der Waals surface area (Å²) in [5, 5.41) is 4.99. The van der Waals surface area contributed by atoms with Crippen LogP contribution in [0.25, 0.3) is 0 Å². The number of anilines is 1. The van der Waals surface area contributed by atoms with Gasteiger partial charge in [0.25, 0.3) is 5.91 Å². The number of carbonyl (C=O) groups is 1. The Hall–Kier alpha value is -1.81. The number of nitrogens with zero attached hydrogens (tertiary/aromatic N) is 1. The van der Waals surface area contributed by atoms with Crippen LogP contribution in [-0.2, 0) is 0 Å². The van der Waals surface area contributed by atoms with Gasteiger partial charge in [-0.15, -0.1) is 11.3 Å². The molecular weight excluding hydrogens is 268 g/mol. The van der Waals surface area contributed by atoms with Crippen LogP contribution in [0, 0.1) is 0 Å². The van der Waals surface area contributed by atoms with Crippen molar-refractivity contribution in [3.05, 3.63) is 52.7 Å². The van der Waals surface area contributed by atoms with Crippen LogP contribution in [0.2, 0.25) is 0 Å². The van der Waals surface area contributed by atoms with Crippen molar-refractivity contribution in [3.8, 4) is 0 Å². The van der Waals surface area contributed by atoms with Gasteiger partial charge in [0, 0.05) is 24.8 Å². The average Bonchev–Trinajstić information content (AvgIpc) is 3.17. The third kappa shape index (κ3) is 2.85. The van der Waals surface area contributed by atoms with E-state index in [2.05, 4.69) is 34.5 Å². The molecule has 0 bridgehead atoms. The molecule has 0 spiro atoms. The van der Waals surface area contributed by atoms with Crippen molar-refractivity contribution in [3.63, 3.8) is 0 Å². The fourth-order valence-corrected chi connectivity index (χ4v) is 3.35. The quantitative estimate of drug-likeness (QED) is 0.936. The highest BCUT2D eigenvalue weighted by Crippen LogP contribution is 2.24. The molecule has 1 aromatic carbocycles. The molecule has 1 aliphatic rings. The highest BCUT2D eigenvalue weighted by Gasteiger charge is 2.25. The van der Waals surface area contributed by atoms with Gasteiger partial charge in [0.15, 0.2) is 0 Å². The fraction of sp³-hybridized carbons (Fsp3) is 0.312. The van der Waals surface area contributed by atoms with Gasteiger partial charge in [-0.2, -0.15) is 0 Å². The predicted molar refractivity (Wildman–Crippen MR) is 83.5 cm³/mol. The highest BCUT2D eigenvalue weighted by atomic mass is 32.1. The molecule has 0 saturated carbocycles. The lowest BCUT2D eigenvalue weighted by Gasteiger charge is -2.27. The van der Waals surface area contributed by atoms with Gasteiger partial charge in [-0.1, -0.05) is 24.3 Å². The number of carbonyl (C=O) groups excluding carboxylic acids is 1. The molecule has 1 atom stereocenters. The monoisotopic (exact) mass is 286 g/mol. The smallest absolute Gasteiger partial charge is 0.261 e. The number of hydrogen-bond donors (Lipinski definition) is 1. The zero-order valence-electron chi connectivity index (χ0n) is 11.3. The third-order valence-electron chi connectivity index (χ3n) is 3.71. The lowest BCUT2D eigenvalue weighted by atomic mass is 10.2. The number of amides is 1. The van der Waals surface area contributed by atoms with Crippen molar-refractivity contribution in [1.82, 2.24) is 5.32 Å². The first-order chi connectivity index (χ1) is 9.84. The van der Waals surface area contributed by atoms with E-state index in [1.165, 1.54) is 23.4 Å². The minimum atomic E-state index is 0.0416. The maximum absolute atomic E-state index is 12.0. The first-order valence-electron chi connectivity index (χ1n) is 6.98. The maximum Gasteiger partial charge on any atom is 0.261 e. The van der Waals surface area contributed by atoms with Crippen LogP contribution < -0.4 is 10.2 Å². The summed E-state index contributed by atoms with van der Waals surface area (Å²) in [5.74, 6) is 0.0416.